The van der Waals surface area contributed by atoms with Crippen LogP contribution < -0.4 is 0 Å². The molecule has 0 aromatic rings. The molecule has 2 fully saturated rings. The van der Waals surface area contributed by atoms with Crippen LogP contribution >= 0.6 is 11.6 Å². The second kappa shape index (κ2) is 3.81. The van der Waals surface area contributed by atoms with E-state index in [2.05, 4.69) is 6.92 Å². The summed E-state index contributed by atoms with van der Waals surface area (Å²) in [6, 6.07) is 0. The van der Waals surface area contributed by atoms with Gasteiger partial charge in [0.15, 0.2) is 0 Å². The molecule has 0 spiro atoms. The smallest absolute Gasteiger partial charge is 0.0282 e. The van der Waals surface area contributed by atoms with Gasteiger partial charge in [-0.3, -0.25) is 0 Å². The Labute approximate surface area is 87.0 Å². The largest absolute Gasteiger partial charge is 0.126 e. The van der Waals surface area contributed by atoms with Crippen molar-refractivity contribution in [2.24, 2.45) is 17.3 Å². The lowest BCUT2D eigenvalue weighted by Gasteiger charge is -2.52. The van der Waals surface area contributed by atoms with E-state index in [0.717, 1.165) is 17.7 Å². The topological polar surface area (TPSA) is 0 Å². The zero-order chi connectivity index (χ0) is 9.31. The Balaban J connectivity index is 1.95. The maximum absolute atomic E-state index is 6.16. The maximum atomic E-state index is 6.16. The lowest BCUT2D eigenvalue weighted by molar-refractivity contribution is 0.00434. The van der Waals surface area contributed by atoms with E-state index in [1.54, 1.807) is 0 Å². The van der Waals surface area contributed by atoms with Crippen LogP contribution in [0.2, 0.25) is 0 Å². The minimum atomic E-state index is 0.571. The van der Waals surface area contributed by atoms with Crippen molar-refractivity contribution in [3.63, 3.8) is 0 Å². The van der Waals surface area contributed by atoms with Gasteiger partial charge in [0, 0.05) is 5.88 Å². The van der Waals surface area contributed by atoms with Crippen LogP contribution in [0.15, 0.2) is 0 Å². The summed E-state index contributed by atoms with van der Waals surface area (Å²) in [7, 11) is 0. The molecular weight excluding hydrogens is 180 g/mol. The summed E-state index contributed by atoms with van der Waals surface area (Å²) in [6.07, 6.45) is 10.1. The van der Waals surface area contributed by atoms with Crippen LogP contribution in [-0.2, 0) is 0 Å². The Bertz CT molecular complexity index is 164. The molecule has 2 aliphatic rings. The number of alkyl halides is 1. The number of hydrogen-bond donors (Lipinski definition) is 0. The molecule has 0 heterocycles. The monoisotopic (exact) mass is 200 g/mol. The van der Waals surface area contributed by atoms with E-state index in [9.17, 15) is 0 Å². The van der Waals surface area contributed by atoms with Gasteiger partial charge in [-0.25, -0.2) is 0 Å². The Morgan fingerprint density at radius 1 is 1.15 bits per heavy atom. The molecule has 0 nitrogen and oxygen atoms in total. The van der Waals surface area contributed by atoms with Crippen molar-refractivity contribution in [1.82, 2.24) is 0 Å². The molecule has 2 rings (SSSR count). The van der Waals surface area contributed by atoms with Crippen LogP contribution in [0.4, 0.5) is 0 Å². The highest BCUT2D eigenvalue weighted by molar-refractivity contribution is 6.18. The van der Waals surface area contributed by atoms with E-state index in [4.69, 9.17) is 11.6 Å². The summed E-state index contributed by atoms with van der Waals surface area (Å²) in [5.74, 6) is 2.83. The molecular formula is C12H21Cl. The van der Waals surface area contributed by atoms with Crippen LogP contribution in [-0.4, -0.2) is 5.88 Å². The second-order valence-corrected chi connectivity index (χ2v) is 5.61. The fourth-order valence-electron chi connectivity index (χ4n) is 3.59. The minimum Gasteiger partial charge on any atom is -0.126 e. The molecule has 0 bridgehead atoms. The number of halogens is 1. The highest BCUT2D eigenvalue weighted by Crippen LogP contribution is 2.55. The van der Waals surface area contributed by atoms with Crippen LogP contribution in [0.25, 0.3) is 0 Å². The number of rotatable bonds is 2. The van der Waals surface area contributed by atoms with Crippen molar-refractivity contribution in [3.05, 3.63) is 0 Å². The second-order valence-electron chi connectivity index (χ2n) is 5.34. The summed E-state index contributed by atoms with van der Waals surface area (Å²) >= 11 is 6.16. The standard InChI is InChI=1S/C12H21Cl/c1-10-7-12(8-10,9-13)11-5-3-2-4-6-11/h10-11H,2-9H2,1H3. The molecule has 0 aromatic heterocycles. The molecule has 0 saturated heterocycles. The van der Waals surface area contributed by atoms with Crippen molar-refractivity contribution >= 4 is 11.6 Å². The molecule has 0 radical (unpaired) electrons. The van der Waals surface area contributed by atoms with Crippen molar-refractivity contribution in [2.75, 3.05) is 5.88 Å². The summed E-state index contributed by atoms with van der Waals surface area (Å²) < 4.78 is 0. The Hall–Kier alpha value is 0.290. The third-order valence-corrected chi connectivity index (χ3v) is 4.78. The summed E-state index contributed by atoms with van der Waals surface area (Å²) in [4.78, 5) is 0. The highest BCUT2D eigenvalue weighted by Gasteiger charge is 2.46. The van der Waals surface area contributed by atoms with Crippen molar-refractivity contribution < 1.29 is 0 Å². The quantitative estimate of drug-likeness (QED) is 0.586. The van der Waals surface area contributed by atoms with Gasteiger partial charge in [-0.05, 0) is 42.9 Å². The highest BCUT2D eigenvalue weighted by atomic mass is 35.5. The Kier molecular flexibility index (Phi) is 2.88. The molecule has 0 aromatic carbocycles. The van der Waals surface area contributed by atoms with Crippen LogP contribution in [0.3, 0.4) is 0 Å². The van der Waals surface area contributed by atoms with Gasteiger partial charge in [0.1, 0.15) is 0 Å². The SMILES string of the molecule is CC1CC(CCl)(C2CCCCC2)C1. The Morgan fingerprint density at radius 3 is 2.23 bits per heavy atom. The van der Waals surface area contributed by atoms with Gasteiger partial charge in [0.2, 0.25) is 0 Å². The van der Waals surface area contributed by atoms with Crippen molar-refractivity contribution in [2.45, 2.75) is 51.9 Å². The van der Waals surface area contributed by atoms with E-state index < -0.39 is 0 Å². The third kappa shape index (κ3) is 1.75. The molecule has 2 saturated carbocycles. The lowest BCUT2D eigenvalue weighted by Crippen LogP contribution is -2.44. The first-order chi connectivity index (χ1) is 6.27. The fourth-order valence-corrected chi connectivity index (χ4v) is 4.03. The lowest BCUT2D eigenvalue weighted by atomic mass is 9.55. The first-order valence-corrected chi connectivity index (χ1v) is 6.36. The van der Waals surface area contributed by atoms with Crippen molar-refractivity contribution in [1.29, 1.82) is 0 Å². The minimum absolute atomic E-state index is 0.571. The molecule has 0 amide bonds. The van der Waals surface area contributed by atoms with E-state index in [0.29, 0.717) is 5.41 Å². The average molecular weight is 201 g/mol. The molecule has 13 heavy (non-hydrogen) atoms. The van der Waals surface area contributed by atoms with Crippen molar-refractivity contribution in [3.8, 4) is 0 Å². The molecule has 1 heteroatoms. The van der Waals surface area contributed by atoms with Gasteiger partial charge in [0.05, 0.1) is 0 Å². The van der Waals surface area contributed by atoms with Gasteiger partial charge in [0.25, 0.3) is 0 Å². The molecule has 0 aliphatic heterocycles. The molecule has 76 valence electrons. The average Bonchev–Trinajstić information content (AvgIpc) is 2.14. The summed E-state index contributed by atoms with van der Waals surface area (Å²) in [5.41, 5.74) is 0.571. The molecule has 2 aliphatic carbocycles. The molecule has 0 atom stereocenters. The normalized spacial score (nSPS) is 41.5. The zero-order valence-electron chi connectivity index (χ0n) is 8.69. The third-order valence-electron chi connectivity index (χ3n) is 4.25. The molecule has 0 N–H and O–H groups in total. The first-order valence-electron chi connectivity index (χ1n) is 5.83. The van der Waals surface area contributed by atoms with Gasteiger partial charge < -0.3 is 0 Å². The number of hydrogen-bond acceptors (Lipinski definition) is 0. The van der Waals surface area contributed by atoms with Gasteiger partial charge in [-0.2, -0.15) is 0 Å². The molecule has 0 unspecified atom stereocenters. The van der Waals surface area contributed by atoms with Crippen LogP contribution in [0, 0.1) is 17.3 Å². The fraction of sp³-hybridized carbons (Fsp3) is 1.00. The van der Waals surface area contributed by atoms with E-state index in [1.165, 1.54) is 44.9 Å². The summed E-state index contributed by atoms with van der Waals surface area (Å²) in [6.45, 7) is 2.37. The van der Waals surface area contributed by atoms with Crippen LogP contribution in [0.5, 0.6) is 0 Å². The van der Waals surface area contributed by atoms with Gasteiger partial charge >= 0.3 is 0 Å². The van der Waals surface area contributed by atoms with Gasteiger partial charge in [-0.1, -0.05) is 26.2 Å². The van der Waals surface area contributed by atoms with E-state index >= 15 is 0 Å². The first kappa shape index (κ1) is 9.83. The Morgan fingerprint density at radius 2 is 1.77 bits per heavy atom. The predicted molar refractivity (Wildman–Crippen MR) is 58.1 cm³/mol. The van der Waals surface area contributed by atoms with Crippen LogP contribution in [0.1, 0.15) is 51.9 Å². The van der Waals surface area contributed by atoms with E-state index in [-0.39, 0.29) is 0 Å². The maximum Gasteiger partial charge on any atom is 0.0282 e. The zero-order valence-corrected chi connectivity index (χ0v) is 9.45. The van der Waals surface area contributed by atoms with Gasteiger partial charge in [-0.15, -0.1) is 11.6 Å². The van der Waals surface area contributed by atoms with E-state index in [1.807, 2.05) is 0 Å². The predicted octanol–water partition coefficient (Wildman–Crippen LogP) is 4.22. The summed E-state index contributed by atoms with van der Waals surface area (Å²) in [5, 5.41) is 0.